The number of piperidine rings is 1. The summed E-state index contributed by atoms with van der Waals surface area (Å²) in [6, 6.07) is 0.894. The van der Waals surface area contributed by atoms with E-state index in [-0.39, 0.29) is 0 Å². The number of carbonyl (C=O) groups excluding carboxylic acids is 1. The number of nitrogens with zero attached hydrogens (tertiary/aromatic N) is 2. The molecule has 0 radical (unpaired) electrons. The van der Waals surface area contributed by atoms with E-state index in [2.05, 4.69) is 15.7 Å². The Morgan fingerprint density at radius 2 is 2.47 bits per heavy atom. The number of carbonyl (C=O) groups is 1. The fraction of sp³-hybridized carbons (Fsp3) is 0.667. The van der Waals surface area contributed by atoms with Crippen LogP contribution in [0.15, 0.2) is 5.38 Å². The lowest BCUT2D eigenvalue weighted by atomic mass is 9.97. The first-order valence-electron chi connectivity index (χ1n) is 6.18. The number of rotatable bonds is 2. The highest BCUT2D eigenvalue weighted by molar-refractivity contribution is 7.09. The van der Waals surface area contributed by atoms with Crippen molar-refractivity contribution in [2.75, 3.05) is 6.54 Å². The number of nitrogens with one attached hydrogen (secondary N) is 1. The van der Waals surface area contributed by atoms with Crippen molar-refractivity contribution in [1.82, 2.24) is 15.2 Å². The average molecular weight is 251 g/mol. The van der Waals surface area contributed by atoms with Crippen LogP contribution in [0.5, 0.6) is 0 Å². The van der Waals surface area contributed by atoms with Gasteiger partial charge in [0.2, 0.25) is 5.91 Å². The van der Waals surface area contributed by atoms with Gasteiger partial charge in [-0.25, -0.2) is 4.98 Å². The van der Waals surface area contributed by atoms with Crippen molar-refractivity contribution in [3.8, 4) is 0 Å². The summed E-state index contributed by atoms with van der Waals surface area (Å²) in [5, 5.41) is 6.63. The Labute approximate surface area is 105 Å². The number of likely N-dealkylation sites (tertiary alicyclic amines) is 1. The molecule has 1 N–H and O–H groups in total. The molecule has 1 aromatic rings. The number of amides is 1. The van der Waals surface area contributed by atoms with E-state index in [9.17, 15) is 4.79 Å². The predicted octanol–water partition coefficient (Wildman–Crippen LogP) is 1.30. The van der Waals surface area contributed by atoms with Gasteiger partial charge in [0.25, 0.3) is 0 Å². The summed E-state index contributed by atoms with van der Waals surface area (Å²) >= 11 is 1.65. The third-order valence-corrected chi connectivity index (χ3v) is 4.52. The summed E-state index contributed by atoms with van der Waals surface area (Å²) in [7, 11) is 0. The number of hydrogen-bond acceptors (Lipinski definition) is 4. The molecular weight excluding hydrogens is 234 g/mol. The summed E-state index contributed by atoms with van der Waals surface area (Å²) in [5.41, 5.74) is 1.04. The highest BCUT2D eigenvalue weighted by Crippen LogP contribution is 2.27. The van der Waals surface area contributed by atoms with Gasteiger partial charge < -0.3 is 10.2 Å². The van der Waals surface area contributed by atoms with E-state index in [1.54, 1.807) is 11.3 Å². The molecule has 2 fully saturated rings. The van der Waals surface area contributed by atoms with Gasteiger partial charge >= 0.3 is 0 Å². The lowest BCUT2D eigenvalue weighted by Crippen LogP contribution is -2.50. The Balaban J connectivity index is 1.77. The molecule has 2 aliphatic rings. The lowest BCUT2D eigenvalue weighted by molar-refractivity contribution is -0.137. The normalized spacial score (nSPS) is 28.5. The molecule has 2 saturated heterocycles. The molecule has 1 aromatic heterocycles. The van der Waals surface area contributed by atoms with Gasteiger partial charge in [0.15, 0.2) is 0 Å². The van der Waals surface area contributed by atoms with E-state index < -0.39 is 0 Å². The third kappa shape index (κ3) is 2.09. The Hall–Kier alpha value is -0.940. The van der Waals surface area contributed by atoms with Gasteiger partial charge in [-0.3, -0.25) is 4.79 Å². The van der Waals surface area contributed by atoms with E-state index in [4.69, 9.17) is 0 Å². The minimum absolute atomic E-state index is 0.292. The average Bonchev–Trinajstić information content (AvgIpc) is 2.91. The topological polar surface area (TPSA) is 45.2 Å². The smallest absolute Gasteiger partial charge is 0.223 e. The van der Waals surface area contributed by atoms with Crippen LogP contribution < -0.4 is 5.32 Å². The number of fused-ring (bicyclic) bond motifs is 1. The summed E-state index contributed by atoms with van der Waals surface area (Å²) in [6.45, 7) is 3.73. The van der Waals surface area contributed by atoms with Crippen molar-refractivity contribution >= 4 is 17.2 Å². The third-order valence-electron chi connectivity index (χ3n) is 3.70. The van der Waals surface area contributed by atoms with Gasteiger partial charge in [0.05, 0.1) is 17.2 Å². The van der Waals surface area contributed by atoms with Crippen molar-refractivity contribution in [3.63, 3.8) is 0 Å². The van der Waals surface area contributed by atoms with Crippen LogP contribution in [0, 0.1) is 6.92 Å². The van der Waals surface area contributed by atoms with Gasteiger partial charge in [-0.05, 0) is 26.3 Å². The zero-order chi connectivity index (χ0) is 11.8. The first-order valence-corrected chi connectivity index (χ1v) is 7.06. The standard InChI is InChI=1S/C12H17N3OS/c1-8-14-9(7-17-8)6-15-11-4-5-13-10(11)2-3-12(15)16/h7,10-11,13H,2-6H2,1H3/t10-,11-/m1/s1. The SMILES string of the molecule is Cc1nc(CN2C(=O)CC[C@H]3NCC[C@H]32)cs1. The maximum absolute atomic E-state index is 12.0. The molecule has 92 valence electrons. The fourth-order valence-corrected chi connectivity index (χ4v) is 3.49. The highest BCUT2D eigenvalue weighted by Gasteiger charge is 2.38. The Morgan fingerprint density at radius 1 is 1.59 bits per heavy atom. The van der Waals surface area contributed by atoms with Crippen LogP contribution in [-0.4, -0.2) is 34.4 Å². The van der Waals surface area contributed by atoms with Gasteiger partial charge in [0.1, 0.15) is 0 Å². The molecule has 3 rings (SSSR count). The maximum atomic E-state index is 12.0. The number of hydrogen-bond donors (Lipinski definition) is 1. The van der Waals surface area contributed by atoms with Crippen LogP contribution in [0.1, 0.15) is 30.0 Å². The zero-order valence-electron chi connectivity index (χ0n) is 9.98. The molecule has 0 bridgehead atoms. The monoisotopic (exact) mass is 251 g/mol. The Kier molecular flexibility index (Phi) is 2.88. The first kappa shape index (κ1) is 11.2. The van der Waals surface area contributed by atoms with E-state index in [0.717, 1.165) is 30.1 Å². The molecule has 17 heavy (non-hydrogen) atoms. The highest BCUT2D eigenvalue weighted by atomic mass is 32.1. The van der Waals surface area contributed by atoms with Crippen molar-refractivity contribution in [2.45, 2.75) is 44.8 Å². The lowest BCUT2D eigenvalue weighted by Gasteiger charge is -2.36. The molecule has 0 aliphatic carbocycles. The number of aryl methyl sites for hydroxylation is 1. The largest absolute Gasteiger partial charge is 0.332 e. The fourth-order valence-electron chi connectivity index (χ4n) is 2.89. The summed E-state index contributed by atoms with van der Waals surface area (Å²) in [6.07, 6.45) is 2.76. The molecule has 0 spiro atoms. The van der Waals surface area contributed by atoms with Crippen LogP contribution in [0.2, 0.25) is 0 Å². The van der Waals surface area contributed by atoms with E-state index in [0.29, 0.717) is 31.0 Å². The van der Waals surface area contributed by atoms with Crippen molar-refractivity contribution in [1.29, 1.82) is 0 Å². The number of thiazole rings is 1. The van der Waals surface area contributed by atoms with E-state index in [1.807, 2.05) is 11.8 Å². The van der Waals surface area contributed by atoms with Crippen LogP contribution >= 0.6 is 11.3 Å². The molecule has 0 aromatic carbocycles. The van der Waals surface area contributed by atoms with Crippen molar-refractivity contribution in [2.24, 2.45) is 0 Å². The van der Waals surface area contributed by atoms with Gasteiger partial charge in [-0.2, -0.15) is 0 Å². The molecule has 2 aliphatic heterocycles. The molecule has 0 saturated carbocycles. The zero-order valence-corrected chi connectivity index (χ0v) is 10.8. The molecule has 2 atom stereocenters. The summed E-state index contributed by atoms with van der Waals surface area (Å²) in [4.78, 5) is 18.5. The first-order chi connectivity index (χ1) is 8.24. The quantitative estimate of drug-likeness (QED) is 0.862. The van der Waals surface area contributed by atoms with Crippen LogP contribution in [0.4, 0.5) is 0 Å². The second kappa shape index (κ2) is 4.38. The van der Waals surface area contributed by atoms with Crippen LogP contribution in [0.25, 0.3) is 0 Å². The minimum Gasteiger partial charge on any atom is -0.332 e. The molecular formula is C12H17N3OS. The second-order valence-corrected chi connectivity index (χ2v) is 5.90. The molecule has 1 amide bonds. The Morgan fingerprint density at radius 3 is 3.24 bits per heavy atom. The van der Waals surface area contributed by atoms with E-state index >= 15 is 0 Å². The summed E-state index contributed by atoms with van der Waals surface area (Å²) < 4.78 is 0. The number of aromatic nitrogens is 1. The molecule has 5 heteroatoms. The Bertz CT molecular complexity index is 431. The van der Waals surface area contributed by atoms with Crippen LogP contribution in [0.3, 0.4) is 0 Å². The molecule has 3 heterocycles. The minimum atomic E-state index is 0.292. The predicted molar refractivity (Wildman–Crippen MR) is 66.8 cm³/mol. The summed E-state index contributed by atoms with van der Waals surface area (Å²) in [5.74, 6) is 0.292. The molecule has 0 unspecified atom stereocenters. The maximum Gasteiger partial charge on any atom is 0.223 e. The van der Waals surface area contributed by atoms with Crippen molar-refractivity contribution < 1.29 is 4.79 Å². The van der Waals surface area contributed by atoms with Gasteiger partial charge in [0, 0.05) is 23.9 Å². The van der Waals surface area contributed by atoms with E-state index in [1.165, 1.54) is 0 Å². The van der Waals surface area contributed by atoms with Crippen LogP contribution in [-0.2, 0) is 11.3 Å². The second-order valence-electron chi connectivity index (χ2n) is 4.83. The van der Waals surface area contributed by atoms with Gasteiger partial charge in [-0.1, -0.05) is 0 Å². The van der Waals surface area contributed by atoms with Crippen molar-refractivity contribution in [3.05, 3.63) is 16.1 Å². The molecule has 4 nitrogen and oxygen atoms in total. The van der Waals surface area contributed by atoms with Gasteiger partial charge in [-0.15, -0.1) is 11.3 Å².